The summed E-state index contributed by atoms with van der Waals surface area (Å²) in [6, 6.07) is 8.94. The highest BCUT2D eigenvalue weighted by molar-refractivity contribution is 5.98. The van der Waals surface area contributed by atoms with E-state index in [1.807, 2.05) is 19.1 Å². The van der Waals surface area contributed by atoms with Crippen LogP contribution in [0.4, 0.5) is 11.4 Å². The zero-order valence-electron chi connectivity index (χ0n) is 11.5. The van der Waals surface area contributed by atoms with E-state index in [0.717, 1.165) is 5.56 Å². The third kappa shape index (κ3) is 2.88. The number of nitrogens with two attached hydrogens (primary N) is 1. The number of rotatable bonds is 4. The van der Waals surface area contributed by atoms with Crippen LogP contribution in [-0.4, -0.2) is 18.1 Å². The Balaban J connectivity index is 2.31. The molecule has 1 aromatic carbocycles. The van der Waals surface area contributed by atoms with E-state index in [1.165, 1.54) is 7.11 Å². The Morgan fingerprint density at radius 2 is 2.15 bits per heavy atom. The van der Waals surface area contributed by atoms with Gasteiger partial charge >= 0.3 is 5.97 Å². The quantitative estimate of drug-likeness (QED) is 0.660. The van der Waals surface area contributed by atoms with E-state index in [-0.39, 0.29) is 6.04 Å². The Bertz CT molecular complexity index is 599. The molecular weight excluding hydrogens is 254 g/mol. The number of aromatic nitrogens is 1. The zero-order chi connectivity index (χ0) is 14.5. The van der Waals surface area contributed by atoms with Gasteiger partial charge in [0.15, 0.2) is 0 Å². The van der Waals surface area contributed by atoms with E-state index < -0.39 is 5.97 Å². The van der Waals surface area contributed by atoms with Crippen molar-refractivity contribution in [3.8, 4) is 0 Å². The molecule has 0 fully saturated rings. The zero-order valence-corrected chi connectivity index (χ0v) is 11.5. The number of methoxy groups -OCH3 is 1. The lowest BCUT2D eigenvalue weighted by atomic mass is 10.1. The third-order valence-electron chi connectivity index (χ3n) is 3.05. The molecule has 0 radical (unpaired) electrons. The first-order valence-corrected chi connectivity index (χ1v) is 6.26. The van der Waals surface area contributed by atoms with E-state index in [1.54, 1.807) is 30.6 Å². The first-order valence-electron chi connectivity index (χ1n) is 6.26. The Hall–Kier alpha value is -2.56. The van der Waals surface area contributed by atoms with Crippen LogP contribution in [0.2, 0.25) is 0 Å². The van der Waals surface area contributed by atoms with Gasteiger partial charge in [0.05, 0.1) is 30.1 Å². The van der Waals surface area contributed by atoms with Gasteiger partial charge in [-0.15, -0.1) is 0 Å². The lowest BCUT2D eigenvalue weighted by Gasteiger charge is -2.19. The smallest absolute Gasteiger partial charge is 0.340 e. The third-order valence-corrected chi connectivity index (χ3v) is 3.05. The molecule has 1 heterocycles. The predicted octanol–water partition coefficient (Wildman–Crippen LogP) is 2.62. The maximum Gasteiger partial charge on any atom is 0.340 e. The van der Waals surface area contributed by atoms with Crippen molar-refractivity contribution in [3.05, 3.63) is 53.9 Å². The molecule has 0 aliphatic heterocycles. The van der Waals surface area contributed by atoms with Crippen molar-refractivity contribution < 1.29 is 9.53 Å². The van der Waals surface area contributed by atoms with Crippen molar-refractivity contribution in [2.24, 2.45) is 0 Å². The lowest BCUT2D eigenvalue weighted by Crippen LogP contribution is -2.13. The molecule has 104 valence electrons. The molecule has 0 spiro atoms. The van der Waals surface area contributed by atoms with Gasteiger partial charge in [-0.05, 0) is 30.7 Å². The maximum absolute atomic E-state index is 11.8. The number of ether oxygens (including phenoxy) is 1. The molecule has 3 N–H and O–H groups in total. The molecule has 1 aromatic heterocycles. The summed E-state index contributed by atoms with van der Waals surface area (Å²) in [6.07, 6.45) is 3.49. The number of nitrogen functional groups attached to an aromatic ring is 1. The van der Waals surface area contributed by atoms with Crippen molar-refractivity contribution in [1.82, 2.24) is 4.98 Å². The fourth-order valence-electron chi connectivity index (χ4n) is 1.94. The highest BCUT2D eigenvalue weighted by Crippen LogP contribution is 2.28. The Morgan fingerprint density at radius 3 is 2.80 bits per heavy atom. The molecule has 2 aromatic rings. The van der Waals surface area contributed by atoms with Gasteiger partial charge in [0.25, 0.3) is 0 Å². The molecule has 5 heteroatoms. The number of benzene rings is 1. The topological polar surface area (TPSA) is 77.2 Å². The number of para-hydroxylation sites is 1. The van der Waals surface area contributed by atoms with Crippen LogP contribution in [0.3, 0.4) is 0 Å². The van der Waals surface area contributed by atoms with E-state index in [4.69, 9.17) is 10.5 Å². The summed E-state index contributed by atoms with van der Waals surface area (Å²) in [6.45, 7) is 1.98. The predicted molar refractivity (Wildman–Crippen MR) is 78.5 cm³/mol. The number of hydrogen-bond donors (Lipinski definition) is 2. The minimum atomic E-state index is -0.418. The van der Waals surface area contributed by atoms with Crippen molar-refractivity contribution >= 4 is 17.3 Å². The number of nitrogens with zero attached hydrogens (tertiary/aromatic N) is 1. The van der Waals surface area contributed by atoms with Crippen molar-refractivity contribution in [3.63, 3.8) is 0 Å². The van der Waals surface area contributed by atoms with Gasteiger partial charge in [0.1, 0.15) is 0 Å². The number of carbonyl (C=O) groups is 1. The summed E-state index contributed by atoms with van der Waals surface area (Å²) in [5.41, 5.74) is 8.46. The summed E-state index contributed by atoms with van der Waals surface area (Å²) in [4.78, 5) is 15.9. The Kier molecular flexibility index (Phi) is 4.20. The summed E-state index contributed by atoms with van der Waals surface area (Å²) < 4.78 is 4.77. The summed E-state index contributed by atoms with van der Waals surface area (Å²) >= 11 is 0. The second kappa shape index (κ2) is 6.06. The lowest BCUT2D eigenvalue weighted by molar-refractivity contribution is 0.0602. The number of esters is 1. The van der Waals surface area contributed by atoms with Crippen LogP contribution in [0, 0.1) is 0 Å². The molecule has 0 bridgehead atoms. The van der Waals surface area contributed by atoms with E-state index >= 15 is 0 Å². The van der Waals surface area contributed by atoms with Crippen molar-refractivity contribution in [1.29, 1.82) is 0 Å². The minimum absolute atomic E-state index is 0.0307. The van der Waals surface area contributed by atoms with Gasteiger partial charge in [-0.1, -0.05) is 12.1 Å². The molecule has 2 rings (SSSR count). The fraction of sp³-hybridized carbons (Fsp3) is 0.200. The standard InChI is InChI=1S/C15H17N3O2/c1-10(11-5-4-8-17-9-11)18-14-12(15(19)20-2)6-3-7-13(14)16/h3-10,18H,16H2,1-2H3. The molecule has 0 saturated heterocycles. The molecule has 1 unspecified atom stereocenters. The first kappa shape index (κ1) is 13.9. The molecule has 0 saturated carbocycles. The van der Waals surface area contributed by atoms with Gasteiger partial charge in [-0.25, -0.2) is 4.79 Å². The van der Waals surface area contributed by atoms with Crippen LogP contribution in [-0.2, 0) is 4.74 Å². The van der Waals surface area contributed by atoms with Gasteiger partial charge in [0, 0.05) is 12.4 Å². The minimum Gasteiger partial charge on any atom is -0.465 e. The van der Waals surface area contributed by atoms with Gasteiger partial charge in [-0.3, -0.25) is 4.98 Å². The van der Waals surface area contributed by atoms with Crippen LogP contribution < -0.4 is 11.1 Å². The largest absolute Gasteiger partial charge is 0.465 e. The first-order chi connectivity index (χ1) is 9.63. The van der Waals surface area contributed by atoms with E-state index in [9.17, 15) is 4.79 Å². The average Bonchev–Trinajstić information content (AvgIpc) is 2.49. The normalized spacial score (nSPS) is 11.7. The van der Waals surface area contributed by atoms with Gasteiger partial charge < -0.3 is 15.8 Å². The number of hydrogen-bond acceptors (Lipinski definition) is 5. The number of anilines is 2. The SMILES string of the molecule is COC(=O)c1cccc(N)c1NC(C)c1cccnc1. The molecule has 5 nitrogen and oxygen atoms in total. The average molecular weight is 271 g/mol. The molecule has 0 aliphatic carbocycles. The molecule has 0 aliphatic rings. The summed E-state index contributed by atoms with van der Waals surface area (Å²) in [5, 5.41) is 3.24. The monoisotopic (exact) mass is 271 g/mol. The van der Waals surface area contributed by atoms with Crippen molar-refractivity contribution in [2.45, 2.75) is 13.0 Å². The molecule has 20 heavy (non-hydrogen) atoms. The molecule has 0 amide bonds. The van der Waals surface area contributed by atoms with E-state index in [0.29, 0.717) is 16.9 Å². The van der Waals surface area contributed by atoms with Crippen molar-refractivity contribution in [2.75, 3.05) is 18.2 Å². The number of pyridine rings is 1. The second-order valence-corrected chi connectivity index (χ2v) is 4.41. The maximum atomic E-state index is 11.8. The highest BCUT2D eigenvalue weighted by Gasteiger charge is 2.16. The fourth-order valence-corrected chi connectivity index (χ4v) is 1.94. The van der Waals surface area contributed by atoms with E-state index in [2.05, 4.69) is 10.3 Å². The van der Waals surface area contributed by atoms with Crippen LogP contribution >= 0.6 is 0 Å². The van der Waals surface area contributed by atoms with Crippen LogP contribution in [0.5, 0.6) is 0 Å². The number of carbonyl (C=O) groups excluding carboxylic acids is 1. The van der Waals surface area contributed by atoms with Gasteiger partial charge in [0.2, 0.25) is 0 Å². The van der Waals surface area contributed by atoms with Crippen LogP contribution in [0.25, 0.3) is 0 Å². The van der Waals surface area contributed by atoms with Gasteiger partial charge in [-0.2, -0.15) is 0 Å². The Labute approximate surface area is 117 Å². The summed E-state index contributed by atoms with van der Waals surface area (Å²) in [7, 11) is 1.35. The summed E-state index contributed by atoms with van der Waals surface area (Å²) in [5.74, 6) is -0.418. The second-order valence-electron chi connectivity index (χ2n) is 4.41. The van der Waals surface area contributed by atoms with Crippen LogP contribution in [0.1, 0.15) is 28.9 Å². The molecule has 1 atom stereocenters. The van der Waals surface area contributed by atoms with Crippen LogP contribution in [0.15, 0.2) is 42.7 Å². The Morgan fingerprint density at radius 1 is 1.35 bits per heavy atom. The highest BCUT2D eigenvalue weighted by atomic mass is 16.5. The molecular formula is C15H17N3O2. The number of nitrogens with one attached hydrogen (secondary N) is 1.